The molecule has 26 heteroatoms. The molecule has 1 heterocycles. The Morgan fingerprint density at radius 3 is 1.09 bits per heavy atom. The average Bonchev–Trinajstić information content (AvgIpc) is 1.01. The Kier molecular flexibility index (Phi) is 78.1. The number of alkyl halides is 1. The normalized spacial score (nSPS) is 14.7. The van der Waals surface area contributed by atoms with Gasteiger partial charge in [-0.2, -0.15) is 0 Å². The largest absolute Gasteiger partial charge is 2.00 e. The van der Waals surface area contributed by atoms with Gasteiger partial charge in [0.1, 0.15) is 40.3 Å². The molecular weight excluding hydrogens is 1750 g/mol. The molecule has 17 nitrogen and oxygen atoms in total. The van der Waals surface area contributed by atoms with Gasteiger partial charge in [0.15, 0.2) is 0 Å². The van der Waals surface area contributed by atoms with Gasteiger partial charge in [0.25, 0.3) is 0 Å². The molecule has 11 atom stereocenters. The van der Waals surface area contributed by atoms with Gasteiger partial charge in [-0.05, 0) is 266 Å². The molecule has 0 aromatic heterocycles. The van der Waals surface area contributed by atoms with E-state index in [4.69, 9.17) is 47.2 Å². The van der Waals surface area contributed by atoms with Gasteiger partial charge in [0, 0.05) is 114 Å². The number of carbonyl (C=O) groups is 1. The summed E-state index contributed by atoms with van der Waals surface area (Å²) in [7, 11) is 40.4. The molecule has 3 N–H and O–H groups in total. The van der Waals surface area contributed by atoms with Crippen LogP contribution in [0.1, 0.15) is 189 Å². The molecule has 7 rings (SSSR count). The number of ether oxygens (including phenoxy) is 6. The van der Waals surface area contributed by atoms with Gasteiger partial charge in [-0.3, -0.25) is 4.79 Å². The third-order valence-corrected chi connectivity index (χ3v) is 21.7. The summed E-state index contributed by atoms with van der Waals surface area (Å²) in [5, 5.41) is 31.4. The van der Waals surface area contributed by atoms with E-state index in [9.17, 15) is 20.1 Å². The fraction of sp³-hybridized carbons (Fsp3) is 0.606. The van der Waals surface area contributed by atoms with Crippen molar-refractivity contribution in [3.63, 3.8) is 0 Å². The Hall–Kier alpha value is -2.76. The number of aliphatic hydroxyl groups is 2. The molecule has 0 saturated carbocycles. The summed E-state index contributed by atoms with van der Waals surface area (Å²) < 4.78 is 51.1. The zero-order chi connectivity index (χ0) is 90.2. The van der Waals surface area contributed by atoms with Crippen molar-refractivity contribution >= 4 is 112 Å². The first-order chi connectivity index (χ1) is 55.1. The monoisotopic (exact) mass is 1910 g/mol. The van der Waals surface area contributed by atoms with Gasteiger partial charge in [-0.15, -0.1) is 28.6 Å². The van der Waals surface area contributed by atoms with E-state index in [1.165, 1.54) is 30.4 Å². The molecule has 3 unspecified atom stereocenters. The van der Waals surface area contributed by atoms with Crippen LogP contribution in [0.15, 0.2) is 150 Å². The summed E-state index contributed by atoms with van der Waals surface area (Å²) in [4.78, 5) is 23.6. The van der Waals surface area contributed by atoms with Gasteiger partial charge in [-0.25, -0.2) is 4.21 Å². The number of phenols is 1. The zero-order valence-corrected chi connectivity index (χ0v) is 88.5. The molecule has 0 spiro atoms. The molecule has 120 heavy (non-hydrogen) atoms. The van der Waals surface area contributed by atoms with Crippen LogP contribution in [0.25, 0.3) is 0 Å². The molecule has 0 aliphatic carbocycles. The predicted octanol–water partition coefficient (Wildman–Crippen LogP) is 18.7. The second-order valence-corrected chi connectivity index (χ2v) is 35.6. The smallest absolute Gasteiger partial charge is 1.00 e. The Bertz CT molecular complexity index is 3380. The number of hydrogen-bond acceptors (Lipinski definition) is 17. The fourth-order valence-electron chi connectivity index (χ4n) is 14.3. The molecule has 6 aromatic carbocycles. The standard InChI is InChI=1S/C15H24ClNO.2C15H25NO2.C15H25NO.C14H23NO.C8H17NO.C7H7BrO.C4H8O.CH4.B.BrH.Cl2OS.Mg.Na.H2.3H/c1-6-15(16,12(2)11-17(3)4)13-8-7-9-14(10-13)18-5;2*1-6-15(17,12(2)11-16(3)4)13-8-7-9-14(10-13)18-5;1-6-15(12(2)11-16(3)4)13-8-7-9-14(10-13)17-5;1-5-14(11(2)10-15(3)4)12-7-6-8-13(16)9-12;1-5-8(10)7(2)6-9(3)4;1-9-7-4-2-3-6(8)5-7;1-2-4-5-3-1;;;;1-4(2)3;;;;;;/h7-10,12H,6,11H2,1-5H3;2*7-10,12,17H,6,11H2,1-5H3;7-10,12,15H,6,11H2,1-5H3;6-9,11,14,16H,5,10H2,1-4H3;7H,5-6H2,1-4H3;2-5H,1H3;1-4H2;1H4;;1H;;;;1H;;;/q;;;;;;;;;;;;+2;+1;;3*-1/t2*12-,15+;;12-,15+;11-,14+;;;;;;;;;;;;;/m00.00............./s1/i;;;;;;;;;;;;;;1+2D;;;. The summed E-state index contributed by atoms with van der Waals surface area (Å²) in [6.45, 7) is 33.2. The van der Waals surface area contributed by atoms with Crippen LogP contribution < -0.4 is 53.2 Å². The maximum atomic E-state index is 11.0. The molecule has 6 aromatic rings. The number of halogens is 5. The minimum absolute atomic E-state index is 0. The molecule has 1 aliphatic rings. The Morgan fingerprint density at radius 2 is 0.808 bits per heavy atom. The van der Waals surface area contributed by atoms with Crippen LogP contribution >= 0.6 is 65.9 Å². The summed E-state index contributed by atoms with van der Waals surface area (Å²) in [6.07, 6.45) is 7.77. The molecular formula is C94H164BBr2Cl3MgN6NaO11S. The third-order valence-electron chi connectivity index (χ3n) is 20.4. The summed E-state index contributed by atoms with van der Waals surface area (Å²) in [5.41, 5.74) is 4.02. The second-order valence-electron chi connectivity index (χ2n) is 31.5. The predicted molar refractivity (Wildman–Crippen MR) is 529 cm³/mol. The minimum atomic E-state index is -1.67. The number of hydrogen-bond donors (Lipinski definition) is 3. The topological polar surface area (TPSA) is 170 Å². The van der Waals surface area contributed by atoms with Gasteiger partial charge >= 0.3 is 52.6 Å². The van der Waals surface area contributed by atoms with E-state index in [-0.39, 0.29) is 112 Å². The SMILES string of the molecule is Br.C.C1CCOC1.CCC(=O)C(C)CN(C)C.CCC(O)(c1cccc(OC)c1)C(C)CN(C)C.CC[C@@H](c1cccc(O)c1)[C@@H](C)CN(C)C.CC[C@@H](c1cccc(OC)c1)[C@@H](C)CN(C)C.CC[C@](Cl)(c1cccc(OC)c1)[C@@H](C)CN(C)C.CC[C@](O)(c1cccc(OC)c1)[C@@H](C)CN(C)C.COc1cccc(Br)c1.O=S(Cl)Cl.[2H][3H].[B].[H-].[H-].[H-].[Mg+2].[Na+]. The van der Waals surface area contributed by atoms with Crippen LogP contribution in [0.5, 0.6) is 34.5 Å². The van der Waals surface area contributed by atoms with Crippen molar-refractivity contribution in [1.82, 2.24) is 29.4 Å². The third kappa shape index (κ3) is 53.8. The van der Waals surface area contributed by atoms with Gasteiger partial charge < -0.3 is 77.4 Å². The molecule has 1 fully saturated rings. The number of methoxy groups -OCH3 is 5. The molecule has 1 aliphatic heterocycles. The number of phenolic OH excluding ortho intramolecular Hbond substituents is 1. The van der Waals surface area contributed by atoms with E-state index in [1.54, 1.807) is 41.6 Å². The van der Waals surface area contributed by atoms with Crippen LogP contribution in [-0.4, -0.2) is 259 Å². The van der Waals surface area contributed by atoms with Crippen molar-refractivity contribution < 1.29 is 89.6 Å². The molecule has 683 valence electrons. The average molecular weight is 1910 g/mol. The van der Waals surface area contributed by atoms with E-state index < -0.39 is 20.4 Å². The van der Waals surface area contributed by atoms with Crippen molar-refractivity contribution in [2.24, 2.45) is 35.5 Å². The van der Waals surface area contributed by atoms with E-state index in [2.05, 4.69) is 190 Å². The summed E-state index contributed by atoms with van der Waals surface area (Å²) in [6, 6.07) is 47.4. The Morgan fingerprint density at radius 1 is 0.508 bits per heavy atom. The zero-order valence-electron chi connectivity index (χ0n) is 83.7. The van der Waals surface area contributed by atoms with Crippen LogP contribution in [-0.2, 0) is 34.8 Å². The maximum absolute atomic E-state index is 11.0. The van der Waals surface area contributed by atoms with E-state index >= 15 is 0 Å². The minimum Gasteiger partial charge on any atom is -1.00 e. The maximum Gasteiger partial charge on any atom is 2.00 e. The van der Waals surface area contributed by atoms with Crippen LogP contribution in [0.3, 0.4) is 0 Å². The number of aromatic hydroxyl groups is 1. The molecule has 0 amide bonds. The van der Waals surface area contributed by atoms with Crippen LogP contribution in [0.2, 0.25) is 0 Å². The van der Waals surface area contributed by atoms with Crippen LogP contribution in [0, 0.1) is 35.5 Å². The fourth-order valence-corrected chi connectivity index (χ4v) is 14.9. The van der Waals surface area contributed by atoms with Crippen LogP contribution in [0.4, 0.5) is 0 Å². The van der Waals surface area contributed by atoms with Gasteiger partial charge in [0.2, 0.25) is 9.23 Å². The molecule has 3 radical (unpaired) electrons. The van der Waals surface area contributed by atoms with Crippen molar-refractivity contribution in [2.75, 3.05) is 173 Å². The first kappa shape index (κ1) is 128. The number of benzene rings is 6. The summed E-state index contributed by atoms with van der Waals surface area (Å²) >= 11 is 10.2. The Balaban J connectivity index is -0.000000132. The number of rotatable bonds is 34. The first-order valence-electron chi connectivity index (χ1n) is 41.6. The summed E-state index contributed by atoms with van der Waals surface area (Å²) in [5.74, 6) is 8.26. The van der Waals surface area contributed by atoms with Gasteiger partial charge in [-0.1, -0.05) is 173 Å². The van der Waals surface area contributed by atoms with E-state index in [0.29, 0.717) is 60.4 Å². The quantitative estimate of drug-likeness (QED) is 0.0198. The van der Waals surface area contributed by atoms with E-state index in [0.717, 1.165) is 115 Å². The van der Waals surface area contributed by atoms with Crippen molar-refractivity contribution in [3.05, 3.63) is 178 Å². The molecule has 1 saturated heterocycles. The van der Waals surface area contributed by atoms with Crippen molar-refractivity contribution in [3.8, 4) is 34.5 Å². The molecule has 0 bridgehead atoms. The first-order valence-corrected chi connectivity index (χ1v) is 44.6. The Labute approximate surface area is 814 Å². The number of nitrogens with zero attached hydrogens (tertiary/aromatic N) is 6. The number of carbonyl (C=O) groups excluding carboxylic acids is 1. The number of ketones is 1. The van der Waals surface area contributed by atoms with Gasteiger partial charge in [0.05, 0.1) is 51.6 Å². The van der Waals surface area contributed by atoms with Crippen molar-refractivity contribution in [2.45, 2.75) is 170 Å². The van der Waals surface area contributed by atoms with Crippen molar-refractivity contribution in [1.29, 1.82) is 0 Å². The second kappa shape index (κ2) is 73.2. The number of Topliss-reactive ketones (excluding diaryl/α,β-unsaturated/α-hetero) is 1. The van der Waals surface area contributed by atoms with E-state index in [1.807, 2.05) is 184 Å².